The van der Waals surface area contributed by atoms with Gasteiger partial charge in [-0.3, -0.25) is 0 Å². The van der Waals surface area contributed by atoms with Crippen LogP contribution in [0.15, 0.2) is 4.42 Å². The first-order chi connectivity index (χ1) is 6.36. The summed E-state index contributed by atoms with van der Waals surface area (Å²) in [4.78, 5) is 0. The van der Waals surface area contributed by atoms with Crippen molar-refractivity contribution in [3.05, 3.63) is 5.89 Å². The SMILES string of the molecule is Nc1nnc(C2C3CCCCC32)o1. The largest absolute Gasteiger partial charge is 0.408 e. The first kappa shape index (κ1) is 7.35. The highest BCUT2D eigenvalue weighted by atomic mass is 16.4. The van der Waals surface area contributed by atoms with Crippen LogP contribution in [-0.2, 0) is 0 Å². The van der Waals surface area contributed by atoms with Gasteiger partial charge in [0.2, 0.25) is 5.89 Å². The van der Waals surface area contributed by atoms with Crippen LogP contribution in [0.3, 0.4) is 0 Å². The lowest BCUT2D eigenvalue weighted by molar-refractivity contribution is 0.480. The minimum Gasteiger partial charge on any atom is -0.408 e. The number of fused-ring (bicyclic) bond motifs is 1. The molecular weight excluding hydrogens is 166 g/mol. The van der Waals surface area contributed by atoms with Crippen molar-refractivity contribution in [3.8, 4) is 0 Å². The summed E-state index contributed by atoms with van der Waals surface area (Å²) in [7, 11) is 0. The van der Waals surface area contributed by atoms with Crippen molar-refractivity contribution in [1.29, 1.82) is 0 Å². The number of nitrogen functional groups attached to an aromatic ring is 1. The van der Waals surface area contributed by atoms with Crippen LogP contribution in [0.2, 0.25) is 0 Å². The van der Waals surface area contributed by atoms with E-state index in [9.17, 15) is 0 Å². The van der Waals surface area contributed by atoms with Gasteiger partial charge in [0.1, 0.15) is 0 Å². The van der Waals surface area contributed by atoms with Crippen LogP contribution in [0.1, 0.15) is 37.5 Å². The van der Waals surface area contributed by atoms with Crippen molar-refractivity contribution >= 4 is 6.01 Å². The summed E-state index contributed by atoms with van der Waals surface area (Å²) < 4.78 is 5.25. The Kier molecular flexibility index (Phi) is 1.39. The average Bonchev–Trinajstić information content (AvgIpc) is 2.73. The van der Waals surface area contributed by atoms with Gasteiger partial charge in [-0.05, 0) is 24.7 Å². The van der Waals surface area contributed by atoms with Gasteiger partial charge in [0.15, 0.2) is 0 Å². The van der Waals surface area contributed by atoms with Crippen molar-refractivity contribution in [2.45, 2.75) is 31.6 Å². The molecule has 70 valence electrons. The maximum absolute atomic E-state index is 5.39. The molecule has 3 rings (SSSR count). The molecule has 2 aliphatic carbocycles. The van der Waals surface area contributed by atoms with Crippen LogP contribution in [0.25, 0.3) is 0 Å². The first-order valence-corrected chi connectivity index (χ1v) is 4.95. The Bertz CT molecular complexity index is 310. The number of anilines is 1. The van der Waals surface area contributed by atoms with Crippen molar-refractivity contribution in [2.24, 2.45) is 11.8 Å². The second kappa shape index (κ2) is 2.47. The smallest absolute Gasteiger partial charge is 0.312 e. The molecular formula is C9H13N3O. The van der Waals surface area contributed by atoms with Crippen LogP contribution >= 0.6 is 0 Å². The third kappa shape index (κ3) is 1.04. The maximum Gasteiger partial charge on any atom is 0.312 e. The summed E-state index contributed by atoms with van der Waals surface area (Å²) in [6.45, 7) is 0. The summed E-state index contributed by atoms with van der Waals surface area (Å²) in [5.74, 6) is 2.93. The second-order valence-corrected chi connectivity index (χ2v) is 4.12. The standard InChI is InChI=1S/C9H13N3O/c10-9-12-11-8(13-9)7-5-3-1-2-4-6(5)7/h5-7H,1-4H2,(H2,10,12). The molecule has 4 heteroatoms. The van der Waals surface area contributed by atoms with Crippen LogP contribution in [0, 0.1) is 11.8 Å². The monoisotopic (exact) mass is 179 g/mol. The number of rotatable bonds is 1. The fourth-order valence-electron chi connectivity index (χ4n) is 2.74. The van der Waals surface area contributed by atoms with Gasteiger partial charge in [0, 0.05) is 5.92 Å². The summed E-state index contributed by atoms with van der Waals surface area (Å²) >= 11 is 0. The fraction of sp³-hybridized carbons (Fsp3) is 0.778. The highest BCUT2D eigenvalue weighted by molar-refractivity contribution is 5.17. The summed E-state index contributed by atoms with van der Waals surface area (Å²) in [6, 6.07) is 0.207. The highest BCUT2D eigenvalue weighted by Crippen LogP contribution is 2.60. The van der Waals surface area contributed by atoms with Gasteiger partial charge in [0.25, 0.3) is 0 Å². The van der Waals surface area contributed by atoms with Gasteiger partial charge in [0.05, 0.1) is 0 Å². The predicted octanol–water partition coefficient (Wildman–Crippen LogP) is 1.56. The molecule has 0 aromatic carbocycles. The molecule has 2 fully saturated rings. The number of aromatic nitrogens is 2. The van der Waals surface area contributed by atoms with Gasteiger partial charge < -0.3 is 10.2 Å². The van der Waals surface area contributed by atoms with Gasteiger partial charge in [-0.1, -0.05) is 17.9 Å². The lowest BCUT2D eigenvalue weighted by atomic mass is 10.0. The molecule has 0 spiro atoms. The van der Waals surface area contributed by atoms with Crippen LogP contribution < -0.4 is 5.73 Å². The molecule has 1 aromatic heterocycles. The average molecular weight is 179 g/mol. The first-order valence-electron chi connectivity index (χ1n) is 4.95. The molecule has 0 amide bonds. The fourth-order valence-corrected chi connectivity index (χ4v) is 2.74. The van der Waals surface area contributed by atoms with E-state index in [0.29, 0.717) is 5.92 Å². The van der Waals surface area contributed by atoms with E-state index in [1.807, 2.05) is 0 Å². The van der Waals surface area contributed by atoms with E-state index in [1.165, 1.54) is 25.7 Å². The molecule has 0 radical (unpaired) electrons. The van der Waals surface area contributed by atoms with Crippen molar-refractivity contribution in [2.75, 3.05) is 5.73 Å². The van der Waals surface area contributed by atoms with Gasteiger partial charge in [-0.2, -0.15) is 0 Å². The van der Waals surface area contributed by atoms with Gasteiger partial charge in [-0.25, -0.2) is 0 Å². The summed E-state index contributed by atoms with van der Waals surface area (Å²) in [5.41, 5.74) is 5.39. The minimum atomic E-state index is 0.207. The third-order valence-electron chi connectivity index (χ3n) is 3.40. The molecule has 2 N–H and O–H groups in total. The molecule has 13 heavy (non-hydrogen) atoms. The minimum absolute atomic E-state index is 0.207. The molecule has 2 atom stereocenters. The van der Waals surface area contributed by atoms with E-state index in [-0.39, 0.29) is 6.01 Å². The zero-order valence-electron chi connectivity index (χ0n) is 7.44. The van der Waals surface area contributed by atoms with Crippen LogP contribution in [-0.4, -0.2) is 10.2 Å². The molecule has 0 bridgehead atoms. The number of nitrogens with zero attached hydrogens (tertiary/aromatic N) is 2. The maximum atomic E-state index is 5.39. The summed E-state index contributed by atoms with van der Waals surface area (Å²) in [5, 5.41) is 7.66. The molecule has 0 aliphatic heterocycles. The van der Waals surface area contributed by atoms with E-state index < -0.39 is 0 Å². The van der Waals surface area contributed by atoms with Crippen LogP contribution in [0.5, 0.6) is 0 Å². The highest BCUT2D eigenvalue weighted by Gasteiger charge is 2.54. The molecule has 2 saturated carbocycles. The Hall–Kier alpha value is -1.06. The van der Waals surface area contributed by atoms with E-state index >= 15 is 0 Å². The van der Waals surface area contributed by atoms with E-state index in [0.717, 1.165) is 17.7 Å². The quantitative estimate of drug-likeness (QED) is 0.710. The predicted molar refractivity (Wildman–Crippen MR) is 46.9 cm³/mol. The number of hydrogen-bond donors (Lipinski definition) is 1. The van der Waals surface area contributed by atoms with Crippen molar-refractivity contribution < 1.29 is 4.42 Å². The topological polar surface area (TPSA) is 64.9 Å². The van der Waals surface area contributed by atoms with Gasteiger partial charge in [-0.15, -0.1) is 5.10 Å². The lowest BCUT2D eigenvalue weighted by Gasteiger charge is -2.04. The van der Waals surface area contributed by atoms with E-state index in [4.69, 9.17) is 10.2 Å². The zero-order valence-corrected chi connectivity index (χ0v) is 7.44. The summed E-state index contributed by atoms with van der Waals surface area (Å²) in [6.07, 6.45) is 5.39. The Morgan fingerprint density at radius 1 is 1.15 bits per heavy atom. The Labute approximate surface area is 76.5 Å². The zero-order chi connectivity index (χ0) is 8.84. The second-order valence-electron chi connectivity index (χ2n) is 4.12. The molecule has 4 nitrogen and oxygen atoms in total. The Morgan fingerprint density at radius 2 is 1.85 bits per heavy atom. The Balaban J connectivity index is 1.81. The lowest BCUT2D eigenvalue weighted by Crippen LogP contribution is -1.91. The van der Waals surface area contributed by atoms with E-state index in [1.54, 1.807) is 0 Å². The third-order valence-corrected chi connectivity index (χ3v) is 3.40. The van der Waals surface area contributed by atoms with Gasteiger partial charge >= 0.3 is 6.01 Å². The number of hydrogen-bond acceptors (Lipinski definition) is 4. The normalized spacial score (nSPS) is 37.1. The molecule has 2 unspecified atom stereocenters. The number of nitrogens with two attached hydrogens (primary N) is 1. The van der Waals surface area contributed by atoms with Crippen molar-refractivity contribution in [3.63, 3.8) is 0 Å². The molecule has 1 heterocycles. The van der Waals surface area contributed by atoms with Crippen LogP contribution in [0.4, 0.5) is 6.01 Å². The molecule has 1 aromatic rings. The molecule has 0 saturated heterocycles. The van der Waals surface area contributed by atoms with E-state index in [2.05, 4.69) is 10.2 Å². The Morgan fingerprint density at radius 3 is 2.38 bits per heavy atom. The van der Waals surface area contributed by atoms with Crippen molar-refractivity contribution in [1.82, 2.24) is 10.2 Å². The molecule has 2 aliphatic rings.